The van der Waals surface area contributed by atoms with Crippen LogP contribution in [0.4, 0.5) is 10.5 Å². The molecule has 2 aromatic carbocycles. The minimum Gasteiger partial charge on any atom is -0.324 e. The molecule has 4 rings (SSSR count). The maximum atomic E-state index is 12.8. The SMILES string of the molecule is Cc1ccccc1NC(=O)CN1C(=O)S/C(=C\c2cccn2-c2cccc(Br)c2)C1=O. The molecule has 0 bridgehead atoms. The summed E-state index contributed by atoms with van der Waals surface area (Å²) in [7, 11) is 0. The Morgan fingerprint density at radius 3 is 2.68 bits per heavy atom. The first-order valence-corrected chi connectivity index (χ1v) is 11.1. The zero-order valence-electron chi connectivity index (χ0n) is 16.5. The summed E-state index contributed by atoms with van der Waals surface area (Å²) in [6.07, 6.45) is 3.55. The average molecular weight is 496 g/mol. The van der Waals surface area contributed by atoms with E-state index in [-0.39, 0.29) is 11.4 Å². The van der Waals surface area contributed by atoms with Crippen molar-refractivity contribution in [1.82, 2.24) is 9.47 Å². The number of rotatable bonds is 5. The minimum absolute atomic E-state index is 0.281. The predicted molar refractivity (Wildman–Crippen MR) is 126 cm³/mol. The van der Waals surface area contributed by atoms with Crippen molar-refractivity contribution in [2.45, 2.75) is 6.92 Å². The lowest BCUT2D eigenvalue weighted by Gasteiger charge is -2.13. The van der Waals surface area contributed by atoms with Gasteiger partial charge in [0.05, 0.1) is 4.91 Å². The first-order valence-electron chi connectivity index (χ1n) is 9.46. The van der Waals surface area contributed by atoms with Crippen LogP contribution in [0.1, 0.15) is 11.3 Å². The fraction of sp³-hybridized carbons (Fsp3) is 0.0870. The van der Waals surface area contributed by atoms with E-state index in [0.29, 0.717) is 5.69 Å². The first kappa shape index (κ1) is 21.1. The number of hydrogen-bond donors (Lipinski definition) is 1. The number of imide groups is 1. The number of anilines is 1. The molecule has 3 amide bonds. The van der Waals surface area contributed by atoms with Crippen LogP contribution in [-0.4, -0.2) is 33.1 Å². The van der Waals surface area contributed by atoms with Crippen molar-refractivity contribution in [2.75, 3.05) is 11.9 Å². The van der Waals surface area contributed by atoms with Crippen LogP contribution >= 0.6 is 27.7 Å². The third-order valence-electron chi connectivity index (χ3n) is 4.74. The van der Waals surface area contributed by atoms with E-state index in [1.165, 1.54) is 0 Å². The monoisotopic (exact) mass is 495 g/mol. The number of amides is 3. The van der Waals surface area contributed by atoms with Crippen molar-refractivity contribution in [3.05, 3.63) is 87.5 Å². The van der Waals surface area contributed by atoms with Crippen molar-refractivity contribution in [3.63, 3.8) is 0 Å². The summed E-state index contributed by atoms with van der Waals surface area (Å²) in [6.45, 7) is 1.54. The lowest BCUT2D eigenvalue weighted by Crippen LogP contribution is -2.36. The van der Waals surface area contributed by atoms with Crippen LogP contribution in [0.5, 0.6) is 0 Å². The Hall–Kier alpha value is -3.10. The highest BCUT2D eigenvalue weighted by molar-refractivity contribution is 9.10. The van der Waals surface area contributed by atoms with Gasteiger partial charge in [0, 0.05) is 27.7 Å². The average Bonchev–Trinajstić information content (AvgIpc) is 3.30. The first-order chi connectivity index (χ1) is 14.9. The second-order valence-electron chi connectivity index (χ2n) is 6.91. The van der Waals surface area contributed by atoms with E-state index in [2.05, 4.69) is 21.2 Å². The molecule has 1 saturated heterocycles. The van der Waals surface area contributed by atoms with Gasteiger partial charge < -0.3 is 9.88 Å². The van der Waals surface area contributed by atoms with Crippen molar-refractivity contribution < 1.29 is 14.4 Å². The molecule has 2 heterocycles. The number of benzene rings is 2. The standard InChI is InChI=1S/C23H18BrN3O3S/c1-15-6-2-3-10-19(15)25-21(28)14-27-22(29)20(31-23(27)30)13-18-9-5-11-26(18)17-8-4-7-16(24)12-17/h2-13H,14H2,1H3,(H,25,28)/b20-13-. The van der Waals surface area contributed by atoms with Gasteiger partial charge in [0.2, 0.25) is 5.91 Å². The number of aryl methyl sites for hydroxylation is 1. The number of nitrogens with zero attached hydrogens (tertiary/aromatic N) is 2. The zero-order valence-corrected chi connectivity index (χ0v) is 18.9. The number of hydrogen-bond acceptors (Lipinski definition) is 4. The van der Waals surface area contributed by atoms with E-state index in [1.807, 2.05) is 72.3 Å². The summed E-state index contributed by atoms with van der Waals surface area (Å²) in [5.41, 5.74) is 3.23. The molecular weight excluding hydrogens is 478 g/mol. The second-order valence-corrected chi connectivity index (χ2v) is 8.82. The highest BCUT2D eigenvalue weighted by atomic mass is 79.9. The molecule has 1 fully saturated rings. The molecule has 1 aliphatic heterocycles. The van der Waals surface area contributed by atoms with Gasteiger partial charge in [-0.25, -0.2) is 0 Å². The maximum absolute atomic E-state index is 12.8. The number of para-hydroxylation sites is 1. The van der Waals surface area contributed by atoms with Gasteiger partial charge in [-0.2, -0.15) is 0 Å². The predicted octanol–water partition coefficient (Wildman–Crippen LogP) is 5.22. The maximum Gasteiger partial charge on any atom is 0.294 e. The Morgan fingerprint density at radius 1 is 1.10 bits per heavy atom. The number of halogens is 1. The third kappa shape index (κ3) is 4.65. The van der Waals surface area contributed by atoms with Gasteiger partial charge in [0.1, 0.15) is 6.54 Å². The third-order valence-corrected chi connectivity index (χ3v) is 6.14. The van der Waals surface area contributed by atoms with E-state index >= 15 is 0 Å². The van der Waals surface area contributed by atoms with E-state index in [4.69, 9.17) is 0 Å². The van der Waals surface area contributed by atoms with E-state index in [0.717, 1.165) is 38.1 Å². The van der Waals surface area contributed by atoms with Gasteiger partial charge in [-0.3, -0.25) is 19.3 Å². The highest BCUT2D eigenvalue weighted by Crippen LogP contribution is 2.32. The Kier molecular flexibility index (Phi) is 6.11. The van der Waals surface area contributed by atoms with Crippen LogP contribution in [0.15, 0.2) is 76.2 Å². The molecule has 156 valence electrons. The molecule has 0 atom stereocenters. The topological polar surface area (TPSA) is 71.4 Å². The Bertz CT molecular complexity index is 1220. The van der Waals surface area contributed by atoms with Crippen molar-refractivity contribution in [3.8, 4) is 5.69 Å². The molecule has 0 aliphatic carbocycles. The molecule has 3 aromatic rings. The molecule has 0 unspecified atom stereocenters. The summed E-state index contributed by atoms with van der Waals surface area (Å²) >= 11 is 4.29. The molecule has 1 aliphatic rings. The molecule has 0 spiro atoms. The minimum atomic E-state index is -0.475. The quantitative estimate of drug-likeness (QED) is 0.492. The van der Waals surface area contributed by atoms with Gasteiger partial charge in [-0.05, 0) is 66.7 Å². The molecule has 0 radical (unpaired) electrons. The number of nitrogens with one attached hydrogen (secondary N) is 1. The summed E-state index contributed by atoms with van der Waals surface area (Å²) in [5.74, 6) is -0.896. The fourth-order valence-electron chi connectivity index (χ4n) is 3.19. The lowest BCUT2D eigenvalue weighted by molar-refractivity contribution is -0.127. The Morgan fingerprint density at radius 2 is 1.90 bits per heavy atom. The van der Waals surface area contributed by atoms with Crippen molar-refractivity contribution >= 4 is 56.5 Å². The fourth-order valence-corrected chi connectivity index (χ4v) is 4.40. The lowest BCUT2D eigenvalue weighted by atomic mass is 10.2. The molecule has 8 heteroatoms. The van der Waals surface area contributed by atoms with Crippen molar-refractivity contribution in [2.24, 2.45) is 0 Å². The summed E-state index contributed by atoms with van der Waals surface area (Å²) in [6, 6.07) is 18.8. The van der Waals surface area contributed by atoms with E-state index in [9.17, 15) is 14.4 Å². The largest absolute Gasteiger partial charge is 0.324 e. The van der Waals surface area contributed by atoms with Crippen molar-refractivity contribution in [1.29, 1.82) is 0 Å². The van der Waals surface area contributed by atoms with Crippen LogP contribution in [0.25, 0.3) is 11.8 Å². The molecular formula is C23H18BrN3O3S. The van der Waals surface area contributed by atoms with Gasteiger partial charge >= 0.3 is 0 Å². The Balaban J connectivity index is 1.51. The van der Waals surface area contributed by atoms with Crippen LogP contribution in [0, 0.1) is 6.92 Å². The second kappa shape index (κ2) is 8.95. The smallest absolute Gasteiger partial charge is 0.294 e. The Labute approximate surface area is 192 Å². The van der Waals surface area contributed by atoms with E-state index in [1.54, 1.807) is 12.1 Å². The molecule has 31 heavy (non-hydrogen) atoms. The number of aromatic nitrogens is 1. The molecule has 1 aromatic heterocycles. The van der Waals surface area contributed by atoms with Gasteiger partial charge in [-0.1, -0.05) is 40.2 Å². The summed E-state index contributed by atoms with van der Waals surface area (Å²) < 4.78 is 2.86. The van der Waals surface area contributed by atoms with Crippen LogP contribution < -0.4 is 5.32 Å². The van der Waals surface area contributed by atoms with Gasteiger partial charge in [0.25, 0.3) is 11.1 Å². The molecule has 0 saturated carbocycles. The molecule has 6 nitrogen and oxygen atoms in total. The number of thioether (sulfide) groups is 1. The zero-order chi connectivity index (χ0) is 22.0. The molecule has 1 N–H and O–H groups in total. The van der Waals surface area contributed by atoms with Crippen LogP contribution in [0.3, 0.4) is 0 Å². The van der Waals surface area contributed by atoms with Gasteiger partial charge in [-0.15, -0.1) is 0 Å². The van der Waals surface area contributed by atoms with Gasteiger partial charge in [0.15, 0.2) is 0 Å². The normalized spacial score (nSPS) is 15.0. The highest BCUT2D eigenvalue weighted by Gasteiger charge is 2.36. The van der Waals surface area contributed by atoms with Crippen LogP contribution in [0.2, 0.25) is 0 Å². The summed E-state index contributed by atoms with van der Waals surface area (Å²) in [5, 5.41) is 2.29. The van der Waals surface area contributed by atoms with Crippen LogP contribution in [-0.2, 0) is 9.59 Å². The van der Waals surface area contributed by atoms with E-state index < -0.39 is 17.1 Å². The number of carbonyl (C=O) groups is 3. The number of carbonyl (C=O) groups excluding carboxylic acids is 3. The summed E-state index contributed by atoms with van der Waals surface area (Å²) in [4.78, 5) is 38.9.